The van der Waals surface area contributed by atoms with Crippen LogP contribution in [0.15, 0.2) is 47.2 Å². The minimum Gasteiger partial charge on any atom is -0.443 e. The molecule has 0 radical (unpaired) electrons. The highest BCUT2D eigenvalue weighted by molar-refractivity contribution is 7.16. The Kier molecular flexibility index (Phi) is 3.67. The molecule has 0 aliphatic rings. The van der Waals surface area contributed by atoms with E-state index in [1.165, 1.54) is 24.6 Å². The molecule has 0 N–H and O–H groups in total. The van der Waals surface area contributed by atoms with Crippen LogP contribution in [0.25, 0.3) is 17.2 Å². The highest BCUT2D eigenvalue weighted by Crippen LogP contribution is 2.25. The molecule has 3 rings (SSSR count). The topological polar surface area (TPSA) is 95.5 Å². The van der Waals surface area contributed by atoms with E-state index in [1.54, 1.807) is 24.3 Å². The molecule has 0 bridgehead atoms. The first-order valence-electron chi connectivity index (χ1n) is 6.09. The van der Waals surface area contributed by atoms with Crippen LogP contribution in [-0.4, -0.2) is 15.9 Å². The normalized spacial score (nSPS) is 11.1. The van der Waals surface area contributed by atoms with E-state index >= 15 is 0 Å². The molecule has 110 valence electrons. The van der Waals surface area contributed by atoms with Gasteiger partial charge in [0.25, 0.3) is 0 Å². The van der Waals surface area contributed by atoms with Gasteiger partial charge in [0, 0.05) is 23.1 Å². The third-order valence-electron chi connectivity index (χ3n) is 2.70. The molecule has 7 nitrogen and oxygen atoms in total. The van der Waals surface area contributed by atoms with E-state index in [-0.39, 0.29) is 5.00 Å². The van der Waals surface area contributed by atoms with Crippen LogP contribution in [0.2, 0.25) is 0 Å². The number of carbonyl (C=O) groups is 1. The first-order valence-corrected chi connectivity index (χ1v) is 6.91. The van der Waals surface area contributed by atoms with Crippen molar-refractivity contribution >= 4 is 39.5 Å². The Morgan fingerprint density at radius 2 is 2.23 bits per heavy atom. The van der Waals surface area contributed by atoms with Crippen molar-refractivity contribution in [1.29, 1.82) is 0 Å². The van der Waals surface area contributed by atoms with E-state index in [0.29, 0.717) is 21.7 Å². The van der Waals surface area contributed by atoms with Gasteiger partial charge in [-0.1, -0.05) is 11.3 Å². The molecular formula is C14H8N2O5S. The Balaban J connectivity index is 1.68. The summed E-state index contributed by atoms with van der Waals surface area (Å²) in [7, 11) is 0. The van der Waals surface area contributed by atoms with E-state index in [1.807, 2.05) is 0 Å². The summed E-state index contributed by atoms with van der Waals surface area (Å²) in [5.41, 5.74) is 1.18. The fourth-order valence-electron chi connectivity index (χ4n) is 1.73. The number of carbonyl (C=O) groups excluding carboxylic acids is 1. The standard InChI is InChI=1S/C14H8N2O5S/c17-14(6-3-10-2-5-13(22-10)16(18)19)21-9-1-4-12-11(7-9)15-8-20-12/h1-8H/b6-3+. The molecule has 1 aromatic carbocycles. The first-order chi connectivity index (χ1) is 10.6. The van der Waals surface area contributed by atoms with E-state index in [9.17, 15) is 14.9 Å². The van der Waals surface area contributed by atoms with Crippen molar-refractivity contribution in [2.24, 2.45) is 0 Å². The van der Waals surface area contributed by atoms with Gasteiger partial charge in [-0.15, -0.1) is 0 Å². The summed E-state index contributed by atoms with van der Waals surface area (Å²) in [4.78, 5) is 26.4. The van der Waals surface area contributed by atoms with Crippen molar-refractivity contribution in [3.8, 4) is 5.75 Å². The maximum absolute atomic E-state index is 11.7. The van der Waals surface area contributed by atoms with Crippen molar-refractivity contribution in [3.05, 3.63) is 57.8 Å². The van der Waals surface area contributed by atoms with E-state index in [2.05, 4.69) is 4.98 Å². The molecule has 22 heavy (non-hydrogen) atoms. The second-order valence-corrected chi connectivity index (χ2v) is 5.26. The minimum absolute atomic E-state index is 0.0181. The number of fused-ring (bicyclic) bond motifs is 1. The summed E-state index contributed by atoms with van der Waals surface area (Å²) >= 11 is 0.976. The lowest BCUT2D eigenvalue weighted by Crippen LogP contribution is -2.03. The number of nitro groups is 1. The fraction of sp³-hybridized carbons (Fsp3) is 0. The Morgan fingerprint density at radius 3 is 3.00 bits per heavy atom. The van der Waals surface area contributed by atoms with Gasteiger partial charge < -0.3 is 9.15 Å². The van der Waals surface area contributed by atoms with Crippen LogP contribution in [0.1, 0.15) is 4.88 Å². The summed E-state index contributed by atoms with van der Waals surface area (Å²) < 4.78 is 10.2. The summed E-state index contributed by atoms with van der Waals surface area (Å²) in [6.07, 6.45) is 3.98. The summed E-state index contributed by atoms with van der Waals surface area (Å²) in [5.74, 6) is -0.243. The Labute approximate surface area is 127 Å². The molecular weight excluding hydrogens is 308 g/mol. The first kappa shape index (κ1) is 14.0. The van der Waals surface area contributed by atoms with Gasteiger partial charge in [-0.05, 0) is 24.3 Å². The second-order valence-electron chi connectivity index (χ2n) is 4.17. The number of ether oxygens (including phenoxy) is 1. The zero-order valence-corrected chi connectivity index (χ0v) is 11.8. The van der Waals surface area contributed by atoms with Gasteiger partial charge in [0.05, 0.1) is 4.92 Å². The van der Waals surface area contributed by atoms with Gasteiger partial charge in [0.15, 0.2) is 12.0 Å². The van der Waals surface area contributed by atoms with Crippen LogP contribution in [0, 0.1) is 10.1 Å². The Bertz CT molecular complexity index is 880. The Hall–Kier alpha value is -3.00. The fourth-order valence-corrected chi connectivity index (χ4v) is 2.46. The third-order valence-corrected chi connectivity index (χ3v) is 3.70. The molecule has 3 aromatic rings. The molecule has 0 fully saturated rings. The second kappa shape index (κ2) is 5.78. The van der Waals surface area contributed by atoms with Crippen molar-refractivity contribution in [1.82, 2.24) is 4.98 Å². The molecule has 2 aromatic heterocycles. The van der Waals surface area contributed by atoms with Gasteiger partial charge in [0.1, 0.15) is 11.3 Å². The van der Waals surface area contributed by atoms with Crippen molar-refractivity contribution in [2.75, 3.05) is 0 Å². The van der Waals surface area contributed by atoms with Crippen molar-refractivity contribution in [3.63, 3.8) is 0 Å². The van der Waals surface area contributed by atoms with Crippen LogP contribution in [-0.2, 0) is 4.79 Å². The minimum atomic E-state index is -0.584. The molecule has 0 saturated heterocycles. The van der Waals surface area contributed by atoms with E-state index in [4.69, 9.17) is 9.15 Å². The van der Waals surface area contributed by atoms with Crippen molar-refractivity contribution < 1.29 is 18.9 Å². The number of aromatic nitrogens is 1. The lowest BCUT2D eigenvalue weighted by Gasteiger charge is -1.99. The molecule has 8 heteroatoms. The highest BCUT2D eigenvalue weighted by Gasteiger charge is 2.08. The number of thiophene rings is 1. The van der Waals surface area contributed by atoms with Gasteiger partial charge in [0.2, 0.25) is 0 Å². The predicted molar refractivity (Wildman–Crippen MR) is 79.7 cm³/mol. The van der Waals surface area contributed by atoms with E-state index in [0.717, 1.165) is 11.3 Å². The number of hydrogen-bond donors (Lipinski definition) is 0. The number of benzene rings is 1. The van der Waals surface area contributed by atoms with Gasteiger partial charge in [-0.25, -0.2) is 9.78 Å². The molecule has 0 amide bonds. The summed E-state index contributed by atoms with van der Waals surface area (Å²) in [6.45, 7) is 0. The number of nitrogens with zero attached hydrogens (tertiary/aromatic N) is 2. The average molecular weight is 316 g/mol. The molecule has 0 aliphatic heterocycles. The predicted octanol–water partition coefficient (Wildman–Crippen LogP) is 3.42. The SMILES string of the molecule is O=C(/C=C/c1ccc([N+](=O)[O-])s1)Oc1ccc2ocnc2c1. The zero-order chi connectivity index (χ0) is 15.5. The molecule has 0 unspecified atom stereocenters. The smallest absolute Gasteiger partial charge is 0.336 e. The molecule has 0 saturated carbocycles. The molecule has 0 aliphatic carbocycles. The average Bonchev–Trinajstić information content (AvgIpc) is 3.13. The third kappa shape index (κ3) is 3.01. The lowest BCUT2D eigenvalue weighted by atomic mass is 10.3. The van der Waals surface area contributed by atoms with Crippen LogP contribution < -0.4 is 4.74 Å². The maximum Gasteiger partial charge on any atom is 0.336 e. The van der Waals surface area contributed by atoms with Crippen LogP contribution in [0.3, 0.4) is 0 Å². The molecule has 0 atom stereocenters. The van der Waals surface area contributed by atoms with Gasteiger partial charge >= 0.3 is 11.0 Å². The maximum atomic E-state index is 11.7. The number of oxazole rings is 1. The summed E-state index contributed by atoms with van der Waals surface area (Å²) in [6, 6.07) is 7.77. The number of esters is 1. The lowest BCUT2D eigenvalue weighted by molar-refractivity contribution is -0.380. The van der Waals surface area contributed by atoms with Crippen LogP contribution in [0.4, 0.5) is 5.00 Å². The monoisotopic (exact) mass is 316 g/mol. The molecule has 2 heterocycles. The number of hydrogen-bond acceptors (Lipinski definition) is 7. The Morgan fingerprint density at radius 1 is 1.36 bits per heavy atom. The van der Waals surface area contributed by atoms with Crippen LogP contribution in [0.5, 0.6) is 5.75 Å². The quantitative estimate of drug-likeness (QED) is 0.240. The van der Waals surface area contributed by atoms with Crippen LogP contribution >= 0.6 is 11.3 Å². The van der Waals surface area contributed by atoms with Crippen molar-refractivity contribution in [2.45, 2.75) is 0 Å². The number of rotatable bonds is 4. The van der Waals surface area contributed by atoms with E-state index < -0.39 is 10.9 Å². The largest absolute Gasteiger partial charge is 0.443 e. The summed E-state index contributed by atoms with van der Waals surface area (Å²) in [5, 5.41) is 10.6. The highest BCUT2D eigenvalue weighted by atomic mass is 32.1. The van der Waals surface area contributed by atoms with Gasteiger partial charge in [-0.3, -0.25) is 10.1 Å². The molecule has 0 spiro atoms. The zero-order valence-electron chi connectivity index (χ0n) is 11.0. The van der Waals surface area contributed by atoms with Gasteiger partial charge in [-0.2, -0.15) is 0 Å².